The van der Waals surface area contributed by atoms with Crippen LogP contribution in [-0.2, 0) is 11.2 Å². The number of pyridine rings is 1. The van der Waals surface area contributed by atoms with E-state index in [2.05, 4.69) is 20.5 Å². The number of carbonyl (C=O) groups is 1. The van der Waals surface area contributed by atoms with E-state index in [0.717, 1.165) is 16.1 Å². The van der Waals surface area contributed by atoms with Crippen LogP contribution in [0.5, 0.6) is 0 Å². The van der Waals surface area contributed by atoms with Gasteiger partial charge in [0.2, 0.25) is 5.91 Å². The average Bonchev–Trinajstić information content (AvgIpc) is 3.05. The van der Waals surface area contributed by atoms with Crippen molar-refractivity contribution in [3.63, 3.8) is 0 Å². The SMILES string of the molecule is O=C(Cc1csc(-c2ccc(F)cc2)n1)N/N=C\c1ccncc1. The van der Waals surface area contributed by atoms with Crippen LogP contribution in [0.1, 0.15) is 11.3 Å². The Kier molecular flexibility index (Phi) is 5.02. The number of carbonyl (C=O) groups excluding carboxylic acids is 1. The van der Waals surface area contributed by atoms with E-state index < -0.39 is 0 Å². The van der Waals surface area contributed by atoms with Gasteiger partial charge in [0.05, 0.1) is 18.3 Å². The molecule has 1 amide bonds. The van der Waals surface area contributed by atoms with Crippen LogP contribution in [0.4, 0.5) is 4.39 Å². The highest BCUT2D eigenvalue weighted by Crippen LogP contribution is 2.23. The lowest BCUT2D eigenvalue weighted by atomic mass is 10.2. The van der Waals surface area contributed by atoms with Crippen LogP contribution in [0.3, 0.4) is 0 Å². The fourth-order valence-corrected chi connectivity index (χ4v) is 2.77. The van der Waals surface area contributed by atoms with Gasteiger partial charge < -0.3 is 0 Å². The molecule has 3 rings (SSSR count). The molecule has 120 valence electrons. The Morgan fingerprint density at radius 1 is 1.21 bits per heavy atom. The second kappa shape index (κ2) is 7.56. The van der Waals surface area contributed by atoms with E-state index in [1.165, 1.54) is 23.5 Å². The molecule has 1 aromatic carbocycles. The molecular formula is C17H13FN4OS. The van der Waals surface area contributed by atoms with Gasteiger partial charge in [-0.1, -0.05) is 0 Å². The first-order chi connectivity index (χ1) is 11.7. The fraction of sp³-hybridized carbons (Fsp3) is 0.0588. The summed E-state index contributed by atoms with van der Waals surface area (Å²) in [6.45, 7) is 0. The third-order valence-electron chi connectivity index (χ3n) is 3.09. The standard InChI is InChI=1S/C17H13FN4OS/c18-14-3-1-13(2-4-14)17-21-15(11-24-17)9-16(23)22-20-10-12-5-7-19-8-6-12/h1-8,10-11H,9H2,(H,22,23)/b20-10-. The minimum atomic E-state index is -0.290. The molecule has 2 aromatic heterocycles. The van der Waals surface area contributed by atoms with Gasteiger partial charge in [-0.2, -0.15) is 5.10 Å². The number of amides is 1. The number of benzene rings is 1. The molecule has 0 atom stereocenters. The lowest BCUT2D eigenvalue weighted by molar-refractivity contribution is -0.120. The third-order valence-corrected chi connectivity index (χ3v) is 4.03. The van der Waals surface area contributed by atoms with Gasteiger partial charge in [-0.15, -0.1) is 11.3 Å². The molecule has 0 unspecified atom stereocenters. The number of aromatic nitrogens is 2. The first kappa shape index (κ1) is 15.9. The molecule has 0 aliphatic rings. The lowest BCUT2D eigenvalue weighted by Gasteiger charge is -1.97. The summed E-state index contributed by atoms with van der Waals surface area (Å²) in [5.74, 6) is -0.543. The topological polar surface area (TPSA) is 67.2 Å². The maximum absolute atomic E-state index is 12.9. The molecule has 0 bridgehead atoms. The van der Waals surface area contributed by atoms with Crippen LogP contribution in [0, 0.1) is 5.82 Å². The van der Waals surface area contributed by atoms with E-state index >= 15 is 0 Å². The summed E-state index contributed by atoms with van der Waals surface area (Å²) < 4.78 is 12.9. The first-order valence-electron chi connectivity index (χ1n) is 7.13. The number of hydrogen-bond acceptors (Lipinski definition) is 5. The van der Waals surface area contributed by atoms with E-state index in [4.69, 9.17) is 0 Å². The van der Waals surface area contributed by atoms with Crippen molar-refractivity contribution in [1.82, 2.24) is 15.4 Å². The first-order valence-corrected chi connectivity index (χ1v) is 8.01. The minimum Gasteiger partial charge on any atom is -0.273 e. The summed E-state index contributed by atoms with van der Waals surface area (Å²) in [6.07, 6.45) is 4.97. The number of hydrazone groups is 1. The quantitative estimate of drug-likeness (QED) is 0.573. The van der Waals surface area contributed by atoms with Crippen LogP contribution in [0.25, 0.3) is 10.6 Å². The largest absolute Gasteiger partial charge is 0.273 e. The molecule has 5 nitrogen and oxygen atoms in total. The van der Waals surface area contributed by atoms with Crippen molar-refractivity contribution in [3.8, 4) is 10.6 Å². The predicted molar refractivity (Wildman–Crippen MR) is 91.2 cm³/mol. The maximum Gasteiger partial charge on any atom is 0.246 e. The molecular weight excluding hydrogens is 327 g/mol. The van der Waals surface area contributed by atoms with Crippen molar-refractivity contribution in [2.24, 2.45) is 5.10 Å². The summed E-state index contributed by atoms with van der Waals surface area (Å²) >= 11 is 1.41. The van der Waals surface area contributed by atoms with Crippen LogP contribution in [0.2, 0.25) is 0 Å². The van der Waals surface area contributed by atoms with Gasteiger partial charge in [0.25, 0.3) is 0 Å². The van der Waals surface area contributed by atoms with Gasteiger partial charge in [0.1, 0.15) is 10.8 Å². The van der Waals surface area contributed by atoms with Crippen molar-refractivity contribution in [2.45, 2.75) is 6.42 Å². The maximum atomic E-state index is 12.9. The summed E-state index contributed by atoms with van der Waals surface area (Å²) in [4.78, 5) is 20.2. The Morgan fingerprint density at radius 2 is 1.96 bits per heavy atom. The average molecular weight is 340 g/mol. The summed E-state index contributed by atoms with van der Waals surface area (Å²) in [6, 6.07) is 9.66. The Balaban J connectivity index is 1.57. The van der Waals surface area contributed by atoms with Gasteiger partial charge in [0, 0.05) is 23.3 Å². The van der Waals surface area contributed by atoms with Crippen LogP contribution in [-0.4, -0.2) is 22.1 Å². The van der Waals surface area contributed by atoms with E-state index in [9.17, 15) is 9.18 Å². The molecule has 24 heavy (non-hydrogen) atoms. The van der Waals surface area contributed by atoms with Crippen LogP contribution >= 0.6 is 11.3 Å². The monoisotopic (exact) mass is 340 g/mol. The van der Waals surface area contributed by atoms with Crippen molar-refractivity contribution in [2.75, 3.05) is 0 Å². The predicted octanol–water partition coefficient (Wildman–Crippen LogP) is 3.04. The Morgan fingerprint density at radius 3 is 2.71 bits per heavy atom. The minimum absolute atomic E-state index is 0.130. The highest BCUT2D eigenvalue weighted by Gasteiger charge is 2.08. The van der Waals surface area contributed by atoms with Gasteiger partial charge >= 0.3 is 0 Å². The molecule has 3 aromatic rings. The summed E-state index contributed by atoms with van der Waals surface area (Å²) in [5.41, 5.74) is 4.78. The number of thiazole rings is 1. The summed E-state index contributed by atoms with van der Waals surface area (Å²) in [5, 5.41) is 6.45. The van der Waals surface area contributed by atoms with Crippen LogP contribution in [0.15, 0.2) is 59.3 Å². The highest BCUT2D eigenvalue weighted by atomic mass is 32.1. The van der Waals surface area contributed by atoms with Gasteiger partial charge in [0.15, 0.2) is 0 Å². The number of nitrogens with one attached hydrogen (secondary N) is 1. The third kappa shape index (κ3) is 4.30. The number of hydrogen-bond donors (Lipinski definition) is 1. The number of nitrogens with zero attached hydrogens (tertiary/aromatic N) is 3. The molecule has 0 aliphatic heterocycles. The zero-order valence-corrected chi connectivity index (χ0v) is 13.3. The smallest absolute Gasteiger partial charge is 0.246 e. The lowest BCUT2D eigenvalue weighted by Crippen LogP contribution is -2.19. The van der Waals surface area contributed by atoms with E-state index in [1.807, 2.05) is 5.38 Å². The Hall–Kier alpha value is -2.93. The Labute approximate surface area is 141 Å². The van der Waals surface area contributed by atoms with Crippen molar-refractivity contribution >= 4 is 23.5 Å². The van der Waals surface area contributed by atoms with Crippen molar-refractivity contribution < 1.29 is 9.18 Å². The zero-order chi connectivity index (χ0) is 16.8. The molecule has 0 spiro atoms. The van der Waals surface area contributed by atoms with Crippen LogP contribution < -0.4 is 5.43 Å². The molecule has 2 heterocycles. The van der Waals surface area contributed by atoms with Gasteiger partial charge in [-0.05, 0) is 42.0 Å². The molecule has 0 aliphatic carbocycles. The van der Waals surface area contributed by atoms with Crippen molar-refractivity contribution in [3.05, 3.63) is 71.2 Å². The second-order valence-corrected chi connectivity index (χ2v) is 5.76. The van der Waals surface area contributed by atoms with Gasteiger partial charge in [-0.3, -0.25) is 9.78 Å². The molecule has 0 fully saturated rings. The molecule has 1 N–H and O–H groups in total. The molecule has 0 saturated heterocycles. The van der Waals surface area contributed by atoms with Crippen molar-refractivity contribution in [1.29, 1.82) is 0 Å². The molecule has 7 heteroatoms. The Bertz CT molecular complexity index is 847. The summed E-state index contributed by atoms with van der Waals surface area (Å²) in [7, 11) is 0. The molecule has 0 radical (unpaired) electrons. The zero-order valence-electron chi connectivity index (χ0n) is 12.5. The number of halogens is 1. The molecule has 0 saturated carbocycles. The van der Waals surface area contributed by atoms with E-state index in [0.29, 0.717) is 5.69 Å². The fourth-order valence-electron chi connectivity index (χ4n) is 1.95. The van der Waals surface area contributed by atoms with E-state index in [1.54, 1.807) is 42.9 Å². The van der Waals surface area contributed by atoms with E-state index in [-0.39, 0.29) is 18.1 Å². The normalized spacial score (nSPS) is 10.9. The van der Waals surface area contributed by atoms with Gasteiger partial charge in [-0.25, -0.2) is 14.8 Å². The highest BCUT2D eigenvalue weighted by molar-refractivity contribution is 7.13. The number of rotatable bonds is 5. The second-order valence-electron chi connectivity index (χ2n) is 4.90.